The summed E-state index contributed by atoms with van der Waals surface area (Å²) in [6.45, 7) is 7.25. The second kappa shape index (κ2) is 10.5. The molecule has 1 unspecified atom stereocenters. The molecule has 0 bridgehead atoms. The quantitative estimate of drug-likeness (QED) is 0.721. The van der Waals surface area contributed by atoms with E-state index >= 15 is 0 Å². The highest BCUT2D eigenvalue weighted by Gasteiger charge is 2.26. The standard InChI is InChI=1S/C24H30N4O4/c1-18(28-13-11-27(12-14-28)10-9-19-5-3-2-4-6-19)23(29)26-24(30)25-20-7-8-21-22(17-20)32-16-15-31-21/h2-8,17-18H,9-16H2,1H3,(H2,25,26,29,30). The molecule has 2 aliphatic rings. The number of benzene rings is 2. The molecule has 1 saturated heterocycles. The van der Waals surface area contributed by atoms with Gasteiger partial charge < -0.3 is 19.7 Å². The summed E-state index contributed by atoms with van der Waals surface area (Å²) in [4.78, 5) is 29.4. The van der Waals surface area contributed by atoms with Crippen LogP contribution < -0.4 is 20.1 Å². The maximum absolute atomic E-state index is 12.6. The molecule has 32 heavy (non-hydrogen) atoms. The molecule has 0 spiro atoms. The summed E-state index contributed by atoms with van der Waals surface area (Å²) in [6, 6.07) is 14.7. The third-order valence-electron chi connectivity index (χ3n) is 5.93. The molecule has 0 radical (unpaired) electrons. The van der Waals surface area contributed by atoms with E-state index in [-0.39, 0.29) is 11.9 Å². The summed E-state index contributed by atoms with van der Waals surface area (Å²) in [5, 5.41) is 5.13. The zero-order valence-electron chi connectivity index (χ0n) is 18.4. The number of ether oxygens (including phenoxy) is 2. The highest BCUT2D eigenvalue weighted by atomic mass is 16.6. The smallest absolute Gasteiger partial charge is 0.325 e. The van der Waals surface area contributed by atoms with Crippen LogP contribution in [0, 0.1) is 0 Å². The molecule has 3 amide bonds. The Bertz CT molecular complexity index is 929. The van der Waals surface area contributed by atoms with Crippen LogP contribution in [-0.4, -0.2) is 73.7 Å². The van der Waals surface area contributed by atoms with E-state index in [0.717, 1.165) is 39.1 Å². The highest BCUT2D eigenvalue weighted by molar-refractivity contribution is 6.02. The highest BCUT2D eigenvalue weighted by Crippen LogP contribution is 2.32. The number of nitrogens with zero attached hydrogens (tertiary/aromatic N) is 2. The maximum Gasteiger partial charge on any atom is 0.325 e. The van der Waals surface area contributed by atoms with Gasteiger partial charge in [-0.3, -0.25) is 15.0 Å². The lowest BCUT2D eigenvalue weighted by molar-refractivity contribution is -0.125. The molecule has 0 saturated carbocycles. The summed E-state index contributed by atoms with van der Waals surface area (Å²) >= 11 is 0. The predicted molar refractivity (Wildman–Crippen MR) is 122 cm³/mol. The number of piperazine rings is 1. The number of fused-ring (bicyclic) bond motifs is 1. The monoisotopic (exact) mass is 438 g/mol. The zero-order chi connectivity index (χ0) is 22.3. The van der Waals surface area contributed by atoms with Gasteiger partial charge in [0.15, 0.2) is 11.5 Å². The van der Waals surface area contributed by atoms with E-state index in [1.807, 2.05) is 13.0 Å². The summed E-state index contributed by atoms with van der Waals surface area (Å²) in [6.07, 6.45) is 1.02. The Morgan fingerprint density at radius 3 is 2.44 bits per heavy atom. The van der Waals surface area contributed by atoms with Gasteiger partial charge in [-0.2, -0.15) is 0 Å². The lowest BCUT2D eigenvalue weighted by Gasteiger charge is -2.37. The van der Waals surface area contributed by atoms with Gasteiger partial charge in [0, 0.05) is 44.5 Å². The van der Waals surface area contributed by atoms with Gasteiger partial charge in [0.25, 0.3) is 0 Å². The van der Waals surface area contributed by atoms with Crippen LogP contribution >= 0.6 is 0 Å². The van der Waals surface area contributed by atoms with Crippen LogP contribution in [0.5, 0.6) is 11.5 Å². The minimum absolute atomic E-state index is 0.308. The molecular formula is C24H30N4O4. The predicted octanol–water partition coefficient (Wildman–Crippen LogP) is 2.35. The van der Waals surface area contributed by atoms with Gasteiger partial charge in [-0.05, 0) is 31.0 Å². The molecule has 2 N–H and O–H groups in total. The van der Waals surface area contributed by atoms with Crippen LogP contribution in [0.2, 0.25) is 0 Å². The first-order chi connectivity index (χ1) is 15.6. The van der Waals surface area contributed by atoms with Crippen LogP contribution in [0.15, 0.2) is 48.5 Å². The summed E-state index contributed by atoms with van der Waals surface area (Å²) in [7, 11) is 0. The third-order valence-corrected chi connectivity index (χ3v) is 5.93. The first-order valence-corrected chi connectivity index (χ1v) is 11.1. The van der Waals surface area contributed by atoms with Gasteiger partial charge in [-0.25, -0.2) is 4.79 Å². The van der Waals surface area contributed by atoms with Crippen LogP contribution in [0.4, 0.5) is 10.5 Å². The molecule has 1 atom stereocenters. The van der Waals surface area contributed by atoms with Crippen molar-refractivity contribution in [1.29, 1.82) is 0 Å². The molecule has 2 aliphatic heterocycles. The van der Waals surface area contributed by atoms with Crippen molar-refractivity contribution in [2.24, 2.45) is 0 Å². The van der Waals surface area contributed by atoms with Crippen LogP contribution in [0.3, 0.4) is 0 Å². The van der Waals surface area contributed by atoms with Crippen molar-refractivity contribution in [3.63, 3.8) is 0 Å². The molecule has 170 valence electrons. The Morgan fingerprint density at radius 1 is 0.969 bits per heavy atom. The first kappa shape index (κ1) is 22.1. The number of nitrogens with one attached hydrogen (secondary N) is 2. The zero-order valence-corrected chi connectivity index (χ0v) is 18.4. The number of amides is 3. The van der Waals surface area contributed by atoms with Gasteiger partial charge in [0.2, 0.25) is 5.91 Å². The van der Waals surface area contributed by atoms with E-state index in [9.17, 15) is 9.59 Å². The average Bonchev–Trinajstić information content (AvgIpc) is 2.83. The van der Waals surface area contributed by atoms with Crippen LogP contribution in [0.25, 0.3) is 0 Å². The number of carbonyl (C=O) groups is 2. The van der Waals surface area contributed by atoms with Crippen LogP contribution in [0.1, 0.15) is 12.5 Å². The number of carbonyl (C=O) groups excluding carboxylic acids is 2. The number of imide groups is 1. The Morgan fingerprint density at radius 2 is 1.69 bits per heavy atom. The third kappa shape index (κ3) is 5.77. The van der Waals surface area contributed by atoms with E-state index in [1.54, 1.807) is 18.2 Å². The fourth-order valence-electron chi connectivity index (χ4n) is 3.97. The number of anilines is 1. The second-order valence-corrected chi connectivity index (χ2v) is 8.09. The van der Waals surface area contributed by atoms with E-state index in [4.69, 9.17) is 9.47 Å². The average molecular weight is 439 g/mol. The molecule has 4 rings (SSSR count). The molecule has 8 nitrogen and oxygen atoms in total. The van der Waals surface area contributed by atoms with Crippen molar-refractivity contribution in [1.82, 2.24) is 15.1 Å². The topological polar surface area (TPSA) is 83.1 Å². The van der Waals surface area contributed by atoms with Crippen molar-refractivity contribution >= 4 is 17.6 Å². The first-order valence-electron chi connectivity index (χ1n) is 11.1. The Labute approximate surface area is 188 Å². The molecule has 2 heterocycles. The van der Waals surface area contributed by atoms with Crippen molar-refractivity contribution in [3.8, 4) is 11.5 Å². The number of urea groups is 1. The van der Waals surface area contributed by atoms with E-state index in [1.165, 1.54) is 5.56 Å². The van der Waals surface area contributed by atoms with Gasteiger partial charge in [-0.1, -0.05) is 30.3 Å². The molecule has 2 aromatic rings. The van der Waals surface area contributed by atoms with Gasteiger partial charge in [0.1, 0.15) is 13.2 Å². The lowest BCUT2D eigenvalue weighted by Crippen LogP contribution is -2.55. The van der Waals surface area contributed by atoms with Gasteiger partial charge in [0.05, 0.1) is 6.04 Å². The van der Waals surface area contributed by atoms with Gasteiger partial charge in [-0.15, -0.1) is 0 Å². The molecule has 0 aliphatic carbocycles. The van der Waals surface area contributed by atoms with Crippen molar-refractivity contribution in [3.05, 3.63) is 54.1 Å². The molecular weight excluding hydrogens is 408 g/mol. The normalized spacial score (nSPS) is 17.4. The van der Waals surface area contributed by atoms with Crippen molar-refractivity contribution < 1.29 is 19.1 Å². The number of hydrogen-bond acceptors (Lipinski definition) is 6. The maximum atomic E-state index is 12.6. The summed E-state index contributed by atoms with van der Waals surface area (Å²) in [5.74, 6) is 0.923. The fourth-order valence-corrected chi connectivity index (χ4v) is 3.97. The summed E-state index contributed by atoms with van der Waals surface area (Å²) < 4.78 is 11.0. The molecule has 8 heteroatoms. The van der Waals surface area contributed by atoms with Crippen molar-refractivity contribution in [2.75, 3.05) is 51.3 Å². The van der Waals surface area contributed by atoms with Gasteiger partial charge >= 0.3 is 6.03 Å². The van der Waals surface area contributed by atoms with Crippen LogP contribution in [-0.2, 0) is 11.2 Å². The van der Waals surface area contributed by atoms with E-state index < -0.39 is 6.03 Å². The SMILES string of the molecule is CC(C(=O)NC(=O)Nc1ccc2c(c1)OCCO2)N1CCN(CCc2ccccc2)CC1. The van der Waals surface area contributed by atoms with E-state index in [2.05, 4.69) is 44.7 Å². The molecule has 2 aromatic carbocycles. The van der Waals surface area contributed by atoms with E-state index in [0.29, 0.717) is 30.4 Å². The number of hydrogen-bond donors (Lipinski definition) is 2. The minimum Gasteiger partial charge on any atom is -0.486 e. The lowest BCUT2D eigenvalue weighted by atomic mass is 10.1. The second-order valence-electron chi connectivity index (χ2n) is 8.09. The molecule has 0 aromatic heterocycles. The minimum atomic E-state index is -0.556. The summed E-state index contributed by atoms with van der Waals surface area (Å²) in [5.41, 5.74) is 1.88. The molecule has 1 fully saturated rings. The van der Waals surface area contributed by atoms with Crippen molar-refractivity contribution in [2.45, 2.75) is 19.4 Å². The Hall–Kier alpha value is -3.10. The largest absolute Gasteiger partial charge is 0.486 e. The number of rotatable bonds is 6. The fraction of sp³-hybridized carbons (Fsp3) is 0.417. The Kier molecular flexibility index (Phi) is 7.24. The Balaban J connectivity index is 1.20.